The van der Waals surface area contributed by atoms with E-state index in [4.69, 9.17) is 15.4 Å². The topological polar surface area (TPSA) is 59.4 Å². The van der Waals surface area contributed by atoms with Gasteiger partial charge in [-0.25, -0.2) is 4.85 Å². The lowest BCUT2D eigenvalue weighted by Gasteiger charge is -2.16. The number of benzene rings is 7. The number of nitriles is 1. The number of hydrogen-bond donors (Lipinski definition) is 0. The van der Waals surface area contributed by atoms with Gasteiger partial charge in [0.2, 0.25) is 0 Å². The highest BCUT2D eigenvalue weighted by atomic mass is 16.3. The molecule has 0 bridgehead atoms. The summed E-state index contributed by atoms with van der Waals surface area (Å²) in [6, 6.07) is 49.2. The molecule has 0 aliphatic rings. The minimum atomic E-state index is 0.600. The zero-order chi connectivity index (χ0) is 32.6. The van der Waals surface area contributed by atoms with E-state index in [1.807, 2.05) is 72.8 Å². The highest BCUT2D eigenvalue weighted by Crippen LogP contribution is 2.42. The van der Waals surface area contributed by atoms with Crippen molar-refractivity contribution in [1.82, 2.24) is 4.57 Å². The quantitative estimate of drug-likeness (QED) is 0.184. The van der Waals surface area contributed by atoms with Crippen LogP contribution in [0.4, 0.5) is 5.69 Å². The Morgan fingerprint density at radius 2 is 1.06 bits per heavy atom. The number of fused-ring (bicyclic) bond motifs is 9. The van der Waals surface area contributed by atoms with Crippen molar-refractivity contribution in [3.63, 3.8) is 0 Å². The van der Waals surface area contributed by atoms with Crippen LogP contribution in [0.2, 0.25) is 0 Å². The molecular weight excluding hydrogens is 603 g/mol. The maximum absolute atomic E-state index is 10.4. The van der Waals surface area contributed by atoms with Crippen molar-refractivity contribution in [2.45, 2.75) is 0 Å². The molecule has 49 heavy (non-hydrogen) atoms. The van der Waals surface area contributed by atoms with Crippen molar-refractivity contribution in [2.24, 2.45) is 0 Å². The maximum Gasteiger partial charge on any atom is 0.194 e. The van der Waals surface area contributed by atoms with E-state index >= 15 is 0 Å². The van der Waals surface area contributed by atoms with Gasteiger partial charge in [-0.3, -0.25) is 0 Å². The summed E-state index contributed by atoms with van der Waals surface area (Å²) in [7, 11) is 0. The fraction of sp³-hybridized carbons (Fsp3) is 0. The number of aromatic nitrogens is 1. The molecule has 0 N–H and O–H groups in total. The van der Waals surface area contributed by atoms with Crippen molar-refractivity contribution in [2.75, 3.05) is 0 Å². The third kappa shape index (κ3) is 3.91. The molecule has 0 radical (unpaired) electrons. The standard InChI is InChI=1S/C44H23N3O2/c1-46-37-14-5-2-10-29(37)26-17-19-40-33(21-26)35-23-36-34-22-27(18-20-41(34)49-43(36)24-42(35)48-40)30-13-8-9-28(25-45)44(30)47-38-15-6-3-11-31(38)32-12-4-7-16-39(32)47/h2-24H. The molecule has 0 saturated heterocycles. The number of para-hydroxylation sites is 4. The molecule has 226 valence electrons. The van der Waals surface area contributed by atoms with Gasteiger partial charge in [0.15, 0.2) is 5.69 Å². The summed E-state index contributed by atoms with van der Waals surface area (Å²) in [5.74, 6) is 0. The van der Waals surface area contributed by atoms with Crippen molar-refractivity contribution >= 4 is 71.4 Å². The Kier molecular flexibility index (Phi) is 5.64. The van der Waals surface area contributed by atoms with Crippen LogP contribution in [-0.4, -0.2) is 4.57 Å². The fourth-order valence-corrected chi connectivity index (χ4v) is 7.47. The predicted molar refractivity (Wildman–Crippen MR) is 197 cm³/mol. The summed E-state index contributed by atoms with van der Waals surface area (Å²) in [5, 5.41) is 16.6. The van der Waals surface area contributed by atoms with Crippen LogP contribution >= 0.6 is 0 Å². The predicted octanol–water partition coefficient (Wildman–Crippen LogP) is 12.3. The van der Waals surface area contributed by atoms with E-state index in [9.17, 15) is 5.26 Å². The Hall–Kier alpha value is -7.08. The summed E-state index contributed by atoms with van der Waals surface area (Å²) in [6.07, 6.45) is 0. The van der Waals surface area contributed by atoms with E-state index in [1.165, 1.54) is 0 Å². The van der Waals surface area contributed by atoms with Gasteiger partial charge >= 0.3 is 0 Å². The van der Waals surface area contributed by atoms with Crippen LogP contribution in [0.25, 0.3) is 98.5 Å². The van der Waals surface area contributed by atoms with Crippen molar-refractivity contribution in [3.05, 3.63) is 157 Å². The lowest BCUT2D eigenvalue weighted by molar-refractivity contribution is 0.656. The van der Waals surface area contributed by atoms with Crippen molar-refractivity contribution in [1.29, 1.82) is 5.26 Å². The van der Waals surface area contributed by atoms with Crippen LogP contribution in [0.1, 0.15) is 5.56 Å². The Labute approximate surface area is 279 Å². The van der Waals surface area contributed by atoms with Crippen LogP contribution in [0.3, 0.4) is 0 Å². The number of hydrogen-bond acceptors (Lipinski definition) is 3. The first kappa shape index (κ1) is 27.1. The normalized spacial score (nSPS) is 11.6. The molecular formula is C44H23N3O2. The van der Waals surface area contributed by atoms with Gasteiger partial charge in [-0.1, -0.05) is 84.9 Å². The van der Waals surface area contributed by atoms with Gasteiger partial charge in [0.1, 0.15) is 28.4 Å². The summed E-state index contributed by atoms with van der Waals surface area (Å²) in [6.45, 7) is 7.65. The fourth-order valence-electron chi connectivity index (χ4n) is 7.47. The van der Waals surface area contributed by atoms with Crippen LogP contribution in [0.5, 0.6) is 0 Å². The molecule has 0 fully saturated rings. The van der Waals surface area contributed by atoms with Gasteiger partial charge < -0.3 is 13.4 Å². The van der Waals surface area contributed by atoms with E-state index in [2.05, 4.69) is 82.2 Å². The highest BCUT2D eigenvalue weighted by Gasteiger charge is 2.20. The molecule has 0 spiro atoms. The highest BCUT2D eigenvalue weighted by molar-refractivity contribution is 6.16. The van der Waals surface area contributed by atoms with Crippen LogP contribution in [-0.2, 0) is 0 Å². The van der Waals surface area contributed by atoms with E-state index < -0.39 is 0 Å². The lowest BCUT2D eigenvalue weighted by atomic mass is 9.97. The third-order valence-corrected chi connectivity index (χ3v) is 9.67. The molecule has 0 amide bonds. The molecule has 0 aliphatic carbocycles. The summed E-state index contributed by atoms with van der Waals surface area (Å²) < 4.78 is 14.9. The second kappa shape index (κ2) is 10.2. The van der Waals surface area contributed by atoms with Crippen molar-refractivity contribution in [3.8, 4) is 34.0 Å². The average Bonchev–Trinajstić information content (AvgIpc) is 3.81. The van der Waals surface area contributed by atoms with E-state index in [-0.39, 0.29) is 0 Å². The maximum atomic E-state index is 10.4. The Morgan fingerprint density at radius 1 is 0.510 bits per heavy atom. The molecule has 0 saturated carbocycles. The zero-order valence-electron chi connectivity index (χ0n) is 25.9. The molecule has 0 unspecified atom stereocenters. The monoisotopic (exact) mass is 625 g/mol. The molecule has 3 heterocycles. The molecule has 10 aromatic rings. The summed E-state index contributed by atoms with van der Waals surface area (Å²) in [5.41, 5.74) is 11.0. The number of furan rings is 2. The van der Waals surface area contributed by atoms with E-state index in [1.54, 1.807) is 0 Å². The molecule has 5 heteroatoms. The van der Waals surface area contributed by atoms with Gasteiger partial charge in [0, 0.05) is 43.9 Å². The minimum Gasteiger partial charge on any atom is -0.456 e. The van der Waals surface area contributed by atoms with E-state index in [0.29, 0.717) is 11.3 Å². The number of rotatable bonds is 3. The molecule has 10 rings (SSSR count). The van der Waals surface area contributed by atoms with Gasteiger partial charge in [-0.05, 0) is 65.2 Å². The average molecular weight is 626 g/mol. The first-order chi connectivity index (χ1) is 24.2. The summed E-state index contributed by atoms with van der Waals surface area (Å²) >= 11 is 0. The third-order valence-electron chi connectivity index (χ3n) is 9.67. The SMILES string of the molecule is [C-]#[N+]c1ccccc1-c1ccc2oc3cc4oc5ccc(-c6cccc(C#N)c6-n6c7ccccc7c7ccccc76)cc5c4cc3c2c1. The molecule has 0 atom stereocenters. The molecule has 3 aromatic heterocycles. The van der Waals surface area contributed by atoms with Gasteiger partial charge in [-0.15, -0.1) is 0 Å². The molecule has 5 nitrogen and oxygen atoms in total. The second-order valence-corrected chi connectivity index (χ2v) is 12.3. The first-order valence-electron chi connectivity index (χ1n) is 16.0. The Morgan fingerprint density at radius 3 is 1.69 bits per heavy atom. The Balaban J connectivity index is 1.20. The van der Waals surface area contributed by atoms with Crippen LogP contribution in [0.15, 0.2) is 148 Å². The minimum absolute atomic E-state index is 0.600. The first-order valence-corrected chi connectivity index (χ1v) is 16.0. The Bertz CT molecular complexity index is 3030. The van der Waals surface area contributed by atoms with E-state index in [0.717, 1.165) is 93.6 Å². The molecule has 7 aromatic carbocycles. The molecule has 0 aliphatic heterocycles. The zero-order valence-corrected chi connectivity index (χ0v) is 25.9. The van der Waals surface area contributed by atoms with Crippen LogP contribution in [0, 0.1) is 17.9 Å². The van der Waals surface area contributed by atoms with Crippen molar-refractivity contribution < 1.29 is 8.83 Å². The van der Waals surface area contributed by atoms with Gasteiger partial charge in [0.05, 0.1) is 28.9 Å². The van der Waals surface area contributed by atoms with Crippen LogP contribution < -0.4 is 0 Å². The largest absolute Gasteiger partial charge is 0.456 e. The number of nitrogens with zero attached hydrogens (tertiary/aromatic N) is 3. The smallest absolute Gasteiger partial charge is 0.194 e. The lowest BCUT2D eigenvalue weighted by Crippen LogP contribution is -2.00. The second-order valence-electron chi connectivity index (χ2n) is 12.3. The van der Waals surface area contributed by atoms with Gasteiger partial charge in [0.25, 0.3) is 0 Å². The van der Waals surface area contributed by atoms with Gasteiger partial charge in [-0.2, -0.15) is 5.26 Å². The summed E-state index contributed by atoms with van der Waals surface area (Å²) in [4.78, 5) is 3.74.